The first-order chi connectivity index (χ1) is 7.74. The number of nitrogens with zero attached hydrogens (tertiary/aromatic N) is 2. The standard InChI is InChI=1S/C11H14N4S/c12-9-6-4-8(5-7-9)2-1-3-10-14-15-11(13)16-10/h4-7H,1-3,12H2,(H2,13,15). The Labute approximate surface area is 98.3 Å². The summed E-state index contributed by atoms with van der Waals surface area (Å²) in [7, 11) is 0. The molecule has 0 saturated carbocycles. The third kappa shape index (κ3) is 2.93. The maximum atomic E-state index is 5.62. The largest absolute Gasteiger partial charge is 0.399 e. The van der Waals surface area contributed by atoms with Gasteiger partial charge in [0.2, 0.25) is 5.13 Å². The van der Waals surface area contributed by atoms with Crippen LogP contribution in [0.25, 0.3) is 0 Å². The van der Waals surface area contributed by atoms with Gasteiger partial charge in [-0.05, 0) is 30.5 Å². The SMILES string of the molecule is Nc1ccc(CCCc2nnc(N)s2)cc1. The minimum atomic E-state index is 0.544. The molecule has 1 aromatic heterocycles. The van der Waals surface area contributed by atoms with Gasteiger partial charge in [-0.15, -0.1) is 10.2 Å². The fourth-order valence-corrected chi connectivity index (χ4v) is 2.15. The molecule has 0 saturated heterocycles. The van der Waals surface area contributed by atoms with E-state index in [9.17, 15) is 0 Å². The number of benzene rings is 1. The van der Waals surface area contributed by atoms with Crippen molar-refractivity contribution in [2.45, 2.75) is 19.3 Å². The fraction of sp³-hybridized carbons (Fsp3) is 0.273. The Hall–Kier alpha value is -1.62. The van der Waals surface area contributed by atoms with Crippen LogP contribution in [-0.2, 0) is 12.8 Å². The zero-order valence-corrected chi connectivity index (χ0v) is 9.70. The summed E-state index contributed by atoms with van der Waals surface area (Å²) in [6.45, 7) is 0. The van der Waals surface area contributed by atoms with Gasteiger partial charge in [-0.25, -0.2) is 0 Å². The molecule has 4 N–H and O–H groups in total. The van der Waals surface area contributed by atoms with Gasteiger partial charge in [0.15, 0.2) is 0 Å². The minimum Gasteiger partial charge on any atom is -0.399 e. The molecule has 0 aliphatic heterocycles. The number of anilines is 2. The van der Waals surface area contributed by atoms with Crippen molar-refractivity contribution in [1.29, 1.82) is 0 Å². The molecule has 2 aromatic rings. The van der Waals surface area contributed by atoms with Crippen LogP contribution in [0.5, 0.6) is 0 Å². The average Bonchev–Trinajstić information content (AvgIpc) is 2.67. The second-order valence-electron chi connectivity index (χ2n) is 3.63. The van der Waals surface area contributed by atoms with Gasteiger partial charge in [-0.2, -0.15) is 0 Å². The first kappa shape index (κ1) is 10.9. The first-order valence-electron chi connectivity index (χ1n) is 5.16. The number of rotatable bonds is 4. The van der Waals surface area contributed by atoms with Gasteiger partial charge in [0.25, 0.3) is 0 Å². The Bertz CT molecular complexity index is 449. The lowest BCUT2D eigenvalue weighted by molar-refractivity contribution is 0.802. The highest BCUT2D eigenvalue weighted by molar-refractivity contribution is 7.15. The van der Waals surface area contributed by atoms with Crippen LogP contribution in [0.15, 0.2) is 24.3 Å². The van der Waals surface area contributed by atoms with Crippen molar-refractivity contribution in [2.75, 3.05) is 11.5 Å². The number of hydrogen-bond acceptors (Lipinski definition) is 5. The molecule has 2 rings (SSSR count). The molecule has 5 heteroatoms. The summed E-state index contributed by atoms with van der Waals surface area (Å²) < 4.78 is 0. The Balaban J connectivity index is 1.82. The smallest absolute Gasteiger partial charge is 0.203 e. The lowest BCUT2D eigenvalue weighted by atomic mass is 10.1. The highest BCUT2D eigenvalue weighted by Crippen LogP contribution is 2.14. The third-order valence-electron chi connectivity index (χ3n) is 2.32. The van der Waals surface area contributed by atoms with Crippen LogP contribution < -0.4 is 11.5 Å². The number of hydrogen-bond donors (Lipinski definition) is 2. The molecule has 16 heavy (non-hydrogen) atoms. The Morgan fingerprint density at radius 3 is 2.38 bits per heavy atom. The number of aromatic nitrogens is 2. The summed E-state index contributed by atoms with van der Waals surface area (Å²) >= 11 is 1.46. The van der Waals surface area contributed by atoms with Crippen molar-refractivity contribution in [3.8, 4) is 0 Å². The molecule has 0 unspecified atom stereocenters. The van der Waals surface area contributed by atoms with E-state index in [1.165, 1.54) is 16.9 Å². The lowest BCUT2D eigenvalue weighted by Gasteiger charge is -2.00. The minimum absolute atomic E-state index is 0.544. The zero-order valence-electron chi connectivity index (χ0n) is 8.89. The van der Waals surface area contributed by atoms with Crippen LogP contribution >= 0.6 is 11.3 Å². The molecule has 0 bridgehead atoms. The third-order valence-corrected chi connectivity index (χ3v) is 3.13. The van der Waals surface area contributed by atoms with Crippen molar-refractivity contribution < 1.29 is 0 Å². The van der Waals surface area contributed by atoms with Crippen molar-refractivity contribution in [2.24, 2.45) is 0 Å². The average molecular weight is 234 g/mol. The van der Waals surface area contributed by atoms with Gasteiger partial charge >= 0.3 is 0 Å². The van der Waals surface area contributed by atoms with E-state index in [2.05, 4.69) is 22.3 Å². The molecule has 1 heterocycles. The van der Waals surface area contributed by atoms with E-state index < -0.39 is 0 Å². The van der Waals surface area contributed by atoms with E-state index >= 15 is 0 Å². The van der Waals surface area contributed by atoms with Crippen molar-refractivity contribution in [1.82, 2.24) is 10.2 Å². The predicted molar refractivity (Wildman–Crippen MR) is 67.2 cm³/mol. The second-order valence-corrected chi connectivity index (χ2v) is 4.72. The Morgan fingerprint density at radius 2 is 1.75 bits per heavy atom. The Kier molecular flexibility index (Phi) is 3.36. The fourth-order valence-electron chi connectivity index (χ4n) is 1.50. The lowest BCUT2D eigenvalue weighted by Crippen LogP contribution is -1.91. The van der Waals surface area contributed by atoms with Gasteiger partial charge in [-0.3, -0.25) is 0 Å². The van der Waals surface area contributed by atoms with Crippen molar-refractivity contribution >= 4 is 22.2 Å². The maximum absolute atomic E-state index is 5.62. The van der Waals surface area contributed by atoms with Crippen LogP contribution in [0.2, 0.25) is 0 Å². The summed E-state index contributed by atoms with van der Waals surface area (Å²) in [5.41, 5.74) is 13.2. The zero-order chi connectivity index (χ0) is 11.4. The van der Waals surface area contributed by atoms with Gasteiger partial charge in [-0.1, -0.05) is 23.5 Å². The number of nitrogen functional groups attached to an aromatic ring is 2. The molecule has 0 aliphatic carbocycles. The molecule has 0 spiro atoms. The van der Waals surface area contributed by atoms with Gasteiger partial charge < -0.3 is 11.5 Å². The summed E-state index contributed by atoms with van der Waals surface area (Å²) in [4.78, 5) is 0. The van der Waals surface area contributed by atoms with E-state index in [-0.39, 0.29) is 0 Å². The molecule has 0 aliphatic rings. The number of nitrogens with two attached hydrogens (primary N) is 2. The molecule has 84 valence electrons. The number of aryl methyl sites for hydroxylation is 2. The van der Waals surface area contributed by atoms with Gasteiger partial charge in [0.05, 0.1) is 0 Å². The van der Waals surface area contributed by atoms with Gasteiger partial charge in [0, 0.05) is 12.1 Å². The van der Waals surface area contributed by atoms with Crippen LogP contribution in [0.4, 0.5) is 10.8 Å². The van der Waals surface area contributed by atoms with E-state index in [1.807, 2.05) is 12.1 Å². The topological polar surface area (TPSA) is 77.8 Å². The molecule has 4 nitrogen and oxygen atoms in total. The van der Waals surface area contributed by atoms with E-state index in [0.717, 1.165) is 30.0 Å². The predicted octanol–water partition coefficient (Wildman–Crippen LogP) is 1.88. The molecule has 0 fully saturated rings. The van der Waals surface area contributed by atoms with Crippen LogP contribution in [0.3, 0.4) is 0 Å². The van der Waals surface area contributed by atoms with Crippen LogP contribution in [0, 0.1) is 0 Å². The molecule has 0 radical (unpaired) electrons. The summed E-state index contributed by atoms with van der Waals surface area (Å²) in [6.07, 6.45) is 3.01. The van der Waals surface area contributed by atoms with E-state index in [1.54, 1.807) is 0 Å². The molecule has 1 aromatic carbocycles. The van der Waals surface area contributed by atoms with E-state index in [4.69, 9.17) is 11.5 Å². The summed E-state index contributed by atoms with van der Waals surface area (Å²) in [5.74, 6) is 0. The first-order valence-corrected chi connectivity index (χ1v) is 5.98. The monoisotopic (exact) mass is 234 g/mol. The molecular weight excluding hydrogens is 220 g/mol. The highest BCUT2D eigenvalue weighted by Gasteiger charge is 2.01. The summed E-state index contributed by atoms with van der Waals surface area (Å²) in [6, 6.07) is 7.98. The Morgan fingerprint density at radius 1 is 1.00 bits per heavy atom. The normalized spacial score (nSPS) is 10.5. The van der Waals surface area contributed by atoms with Crippen LogP contribution in [-0.4, -0.2) is 10.2 Å². The molecular formula is C11H14N4S. The summed E-state index contributed by atoms with van der Waals surface area (Å²) in [5, 5.41) is 9.32. The van der Waals surface area contributed by atoms with E-state index in [0.29, 0.717) is 5.13 Å². The molecule has 0 atom stereocenters. The molecule has 0 amide bonds. The van der Waals surface area contributed by atoms with Crippen molar-refractivity contribution in [3.05, 3.63) is 34.8 Å². The van der Waals surface area contributed by atoms with Gasteiger partial charge in [0.1, 0.15) is 5.01 Å². The highest BCUT2D eigenvalue weighted by atomic mass is 32.1. The van der Waals surface area contributed by atoms with Crippen LogP contribution in [0.1, 0.15) is 17.0 Å². The van der Waals surface area contributed by atoms with Crippen molar-refractivity contribution in [3.63, 3.8) is 0 Å². The quantitative estimate of drug-likeness (QED) is 0.792. The maximum Gasteiger partial charge on any atom is 0.203 e. The second kappa shape index (κ2) is 4.94.